The van der Waals surface area contributed by atoms with Crippen LogP contribution in [0.4, 0.5) is 13.2 Å². The second-order valence-corrected chi connectivity index (χ2v) is 10.2. The molecular weight excluding hydrogens is 449 g/mol. The molecule has 3 atom stereocenters. The molecule has 32 heavy (non-hydrogen) atoms. The molecule has 12 heteroatoms. The molecule has 0 saturated carbocycles. The van der Waals surface area contributed by atoms with Crippen molar-refractivity contribution in [3.63, 3.8) is 0 Å². The van der Waals surface area contributed by atoms with E-state index in [0.29, 0.717) is 19.0 Å². The van der Waals surface area contributed by atoms with E-state index in [2.05, 4.69) is 15.4 Å². The van der Waals surface area contributed by atoms with Gasteiger partial charge in [0.05, 0.1) is 16.5 Å². The van der Waals surface area contributed by atoms with Gasteiger partial charge in [-0.1, -0.05) is 6.07 Å². The molecule has 2 aliphatic heterocycles. The Morgan fingerprint density at radius 2 is 2.03 bits per heavy atom. The topological polar surface area (TPSA) is 108 Å². The van der Waals surface area contributed by atoms with Gasteiger partial charge in [-0.3, -0.25) is 14.5 Å². The highest BCUT2D eigenvalue weighted by Crippen LogP contribution is 2.31. The number of alkyl halides is 3. The summed E-state index contributed by atoms with van der Waals surface area (Å²) in [4.78, 5) is 25.7. The molecule has 2 fully saturated rings. The smallest absolute Gasteiger partial charge is 0.354 e. The fourth-order valence-corrected chi connectivity index (χ4v) is 5.43. The summed E-state index contributed by atoms with van der Waals surface area (Å²) in [6.07, 6.45) is -3.71. The Hall–Kier alpha value is -2.18. The van der Waals surface area contributed by atoms with Crippen LogP contribution in [0.5, 0.6) is 0 Å². The fraction of sp³-hybridized carbons (Fsp3) is 0.600. The Labute approximate surface area is 185 Å². The minimum Gasteiger partial charge on any atom is -0.354 e. The summed E-state index contributed by atoms with van der Waals surface area (Å²) < 4.78 is 66.7. The Morgan fingerprint density at radius 1 is 1.31 bits per heavy atom. The van der Waals surface area contributed by atoms with Crippen LogP contribution in [-0.2, 0) is 25.8 Å². The summed E-state index contributed by atoms with van der Waals surface area (Å²) in [5.74, 6) is -0.330. The normalized spacial score (nSPS) is 24.3. The lowest BCUT2D eigenvalue weighted by atomic mass is 10.0. The molecule has 3 N–H and O–H groups in total. The van der Waals surface area contributed by atoms with Crippen molar-refractivity contribution in [3.05, 3.63) is 29.8 Å². The van der Waals surface area contributed by atoms with Crippen LogP contribution in [0, 0.1) is 0 Å². The molecule has 8 nitrogen and oxygen atoms in total. The van der Waals surface area contributed by atoms with Crippen molar-refractivity contribution in [2.75, 3.05) is 13.1 Å². The highest BCUT2D eigenvalue weighted by molar-refractivity contribution is 7.89. The quantitative estimate of drug-likeness (QED) is 0.549. The molecule has 2 heterocycles. The van der Waals surface area contributed by atoms with Crippen LogP contribution < -0.4 is 15.4 Å². The molecule has 0 spiro atoms. The number of nitrogens with zero attached hydrogens (tertiary/aromatic N) is 1. The van der Waals surface area contributed by atoms with Gasteiger partial charge < -0.3 is 10.6 Å². The molecule has 0 bridgehead atoms. The van der Waals surface area contributed by atoms with Crippen LogP contribution in [0.25, 0.3) is 0 Å². The molecule has 3 rings (SSSR count). The Morgan fingerprint density at radius 3 is 2.69 bits per heavy atom. The van der Waals surface area contributed by atoms with Crippen molar-refractivity contribution in [2.24, 2.45) is 0 Å². The zero-order chi connectivity index (χ0) is 23.7. The molecule has 1 aromatic carbocycles. The van der Waals surface area contributed by atoms with Gasteiger partial charge in [0.25, 0.3) is 0 Å². The zero-order valence-corrected chi connectivity index (χ0v) is 18.6. The standard InChI is InChI=1S/C20H27F3N4O4S/c1-12(2)25-18(28)7-6-15-10-24-19(29)17-9-14(11-27(15)17)26-32(30,31)16-5-3-4-13(8-16)20(21,22)23/h3-5,8,12,14-15,17,26H,6-7,9-11H2,1-2H3,(H,24,29)(H,25,28). The largest absolute Gasteiger partial charge is 0.416 e. The first kappa shape index (κ1) is 24.5. The van der Waals surface area contributed by atoms with Crippen LogP contribution >= 0.6 is 0 Å². The Balaban J connectivity index is 1.68. The molecule has 178 valence electrons. The van der Waals surface area contributed by atoms with Crippen molar-refractivity contribution in [1.29, 1.82) is 0 Å². The maximum atomic E-state index is 13.0. The number of amides is 2. The predicted molar refractivity (Wildman–Crippen MR) is 110 cm³/mol. The van der Waals surface area contributed by atoms with E-state index < -0.39 is 38.7 Å². The summed E-state index contributed by atoms with van der Waals surface area (Å²) in [6.45, 7) is 4.29. The summed E-state index contributed by atoms with van der Waals surface area (Å²) in [6, 6.07) is 2.21. The minimum atomic E-state index is -4.66. The number of fused-ring (bicyclic) bond motifs is 1. The van der Waals surface area contributed by atoms with Crippen molar-refractivity contribution in [3.8, 4) is 0 Å². The Bertz CT molecular complexity index is 968. The lowest BCUT2D eigenvalue weighted by molar-refractivity contribution is -0.137. The van der Waals surface area contributed by atoms with Crippen LogP contribution in [-0.4, -0.2) is 62.4 Å². The fourth-order valence-electron chi connectivity index (χ4n) is 4.15. The van der Waals surface area contributed by atoms with E-state index in [1.54, 1.807) is 0 Å². The molecule has 1 aromatic rings. The van der Waals surface area contributed by atoms with Gasteiger partial charge in [-0.15, -0.1) is 0 Å². The highest BCUT2D eigenvalue weighted by Gasteiger charge is 2.44. The molecule has 0 aliphatic carbocycles. The molecule has 0 aromatic heterocycles. The highest BCUT2D eigenvalue weighted by atomic mass is 32.2. The lowest BCUT2D eigenvalue weighted by Gasteiger charge is -2.37. The van der Waals surface area contributed by atoms with E-state index in [1.807, 2.05) is 18.7 Å². The van der Waals surface area contributed by atoms with Crippen molar-refractivity contribution < 1.29 is 31.2 Å². The van der Waals surface area contributed by atoms with Crippen LogP contribution in [0.1, 0.15) is 38.7 Å². The molecule has 2 aliphatic rings. The summed E-state index contributed by atoms with van der Waals surface area (Å²) in [7, 11) is -4.22. The second kappa shape index (κ2) is 9.36. The van der Waals surface area contributed by atoms with Gasteiger partial charge in [-0.05, 0) is 44.9 Å². The third-order valence-corrected chi connectivity index (χ3v) is 7.09. The van der Waals surface area contributed by atoms with Crippen LogP contribution in [0.3, 0.4) is 0 Å². The monoisotopic (exact) mass is 476 g/mol. The van der Waals surface area contributed by atoms with Gasteiger partial charge in [0.15, 0.2) is 0 Å². The molecule has 3 unspecified atom stereocenters. The molecular formula is C20H27F3N4O4S. The average Bonchev–Trinajstić information content (AvgIpc) is 3.10. The Kier molecular flexibility index (Phi) is 7.15. The second-order valence-electron chi connectivity index (χ2n) is 8.45. The van der Waals surface area contributed by atoms with E-state index in [-0.39, 0.29) is 43.3 Å². The average molecular weight is 477 g/mol. The van der Waals surface area contributed by atoms with Crippen LogP contribution in [0.15, 0.2) is 29.2 Å². The zero-order valence-electron chi connectivity index (χ0n) is 17.8. The van der Waals surface area contributed by atoms with Crippen molar-refractivity contribution in [2.45, 2.75) is 68.3 Å². The first-order chi connectivity index (χ1) is 14.9. The van der Waals surface area contributed by atoms with E-state index in [0.717, 1.165) is 18.2 Å². The molecule has 2 amide bonds. The van der Waals surface area contributed by atoms with E-state index in [1.165, 1.54) is 0 Å². The number of carbonyl (C=O) groups excluding carboxylic acids is 2. The molecule has 2 saturated heterocycles. The number of carbonyl (C=O) groups is 2. The summed E-state index contributed by atoms with van der Waals surface area (Å²) >= 11 is 0. The van der Waals surface area contributed by atoms with E-state index in [9.17, 15) is 31.2 Å². The van der Waals surface area contributed by atoms with E-state index >= 15 is 0 Å². The van der Waals surface area contributed by atoms with Gasteiger partial charge >= 0.3 is 6.18 Å². The maximum absolute atomic E-state index is 13.0. The SMILES string of the molecule is CC(C)NC(=O)CCC1CNC(=O)C2CC(NS(=O)(=O)c3cccc(C(F)(F)F)c3)CN12. The number of halogens is 3. The molecule has 0 radical (unpaired) electrons. The number of hydrogen-bond donors (Lipinski definition) is 3. The van der Waals surface area contributed by atoms with Gasteiger partial charge in [0.1, 0.15) is 0 Å². The van der Waals surface area contributed by atoms with Gasteiger partial charge in [-0.25, -0.2) is 13.1 Å². The number of sulfonamides is 1. The van der Waals surface area contributed by atoms with Crippen molar-refractivity contribution >= 4 is 21.8 Å². The number of piperazine rings is 1. The van der Waals surface area contributed by atoms with Gasteiger partial charge in [0, 0.05) is 37.6 Å². The lowest BCUT2D eigenvalue weighted by Crippen LogP contribution is -2.58. The van der Waals surface area contributed by atoms with E-state index in [4.69, 9.17) is 0 Å². The van der Waals surface area contributed by atoms with Crippen molar-refractivity contribution in [1.82, 2.24) is 20.3 Å². The van der Waals surface area contributed by atoms with Gasteiger partial charge in [-0.2, -0.15) is 13.2 Å². The third-order valence-electron chi connectivity index (χ3n) is 5.57. The predicted octanol–water partition coefficient (Wildman–Crippen LogP) is 1.23. The maximum Gasteiger partial charge on any atom is 0.416 e. The number of benzene rings is 1. The third kappa shape index (κ3) is 5.78. The number of nitrogens with one attached hydrogen (secondary N) is 3. The number of hydrogen-bond acceptors (Lipinski definition) is 5. The number of rotatable bonds is 7. The summed E-state index contributed by atoms with van der Waals surface area (Å²) in [5.41, 5.74) is -1.05. The van der Waals surface area contributed by atoms with Crippen LogP contribution in [0.2, 0.25) is 0 Å². The first-order valence-corrected chi connectivity index (χ1v) is 11.9. The first-order valence-electron chi connectivity index (χ1n) is 10.4. The summed E-state index contributed by atoms with van der Waals surface area (Å²) in [5, 5.41) is 5.60. The minimum absolute atomic E-state index is 0.0164. The van der Waals surface area contributed by atoms with Gasteiger partial charge in [0.2, 0.25) is 21.8 Å².